The molecule has 0 spiro atoms. The molecule has 1 aromatic carbocycles. The first kappa shape index (κ1) is 15.3. The Labute approximate surface area is 128 Å². The summed E-state index contributed by atoms with van der Waals surface area (Å²) in [4.78, 5) is 21.7. The number of benzene rings is 1. The van der Waals surface area contributed by atoms with E-state index in [1.165, 1.54) is 24.7 Å². The Balaban J connectivity index is 1.90. The Kier molecular flexibility index (Phi) is 4.17. The van der Waals surface area contributed by atoms with Gasteiger partial charge in [-0.3, -0.25) is 9.93 Å². The van der Waals surface area contributed by atoms with Gasteiger partial charge in [-0.2, -0.15) is 0 Å². The minimum absolute atomic E-state index is 0.0469. The second-order valence-electron chi connectivity index (χ2n) is 4.68. The Morgan fingerprint density at radius 3 is 2.96 bits per heavy atom. The van der Waals surface area contributed by atoms with Crippen molar-refractivity contribution in [2.75, 3.05) is 0 Å². The van der Waals surface area contributed by atoms with Gasteiger partial charge in [0.1, 0.15) is 11.6 Å². The molecule has 1 aliphatic rings. The van der Waals surface area contributed by atoms with Gasteiger partial charge in [0.15, 0.2) is 0 Å². The maximum atomic E-state index is 14.3. The Morgan fingerprint density at radius 1 is 1.43 bits per heavy atom. The molecule has 2 heterocycles. The normalized spacial score (nSPS) is 16.1. The number of aromatic nitrogens is 2. The zero-order valence-corrected chi connectivity index (χ0v) is 11.5. The molecule has 0 radical (unpaired) electrons. The molecular weight excluding hydrogens is 313 g/mol. The lowest BCUT2D eigenvalue weighted by atomic mass is 9.79. The minimum atomic E-state index is -1.47. The number of fused-ring (bicyclic) bond motifs is 1. The van der Waals surface area contributed by atoms with Gasteiger partial charge >= 0.3 is 13.1 Å². The fourth-order valence-electron chi connectivity index (χ4n) is 2.30. The maximum Gasteiger partial charge on any atom is 0.492 e. The molecule has 0 bridgehead atoms. The number of nitrogens with zero attached hydrogens (tertiary/aromatic N) is 2. The van der Waals surface area contributed by atoms with Crippen LogP contribution in [0.5, 0.6) is 11.6 Å². The summed E-state index contributed by atoms with van der Waals surface area (Å²) in [5.41, 5.74) is 0.0370. The van der Waals surface area contributed by atoms with E-state index in [1.54, 1.807) is 0 Å². The predicted molar refractivity (Wildman–Crippen MR) is 71.8 cm³/mol. The SMILES string of the molecule is O=C(CC1OB(O)c2cc(Oc3cnccn3)cc(F)c21)OF. The van der Waals surface area contributed by atoms with E-state index in [4.69, 9.17) is 9.39 Å². The second-order valence-corrected chi connectivity index (χ2v) is 4.68. The monoisotopic (exact) mass is 322 g/mol. The number of hydrogen-bond donors (Lipinski definition) is 1. The molecule has 7 nitrogen and oxygen atoms in total. The zero-order chi connectivity index (χ0) is 16.4. The Hall–Kier alpha value is -2.59. The largest absolute Gasteiger partial charge is 0.492 e. The maximum absolute atomic E-state index is 14.3. The third-order valence-corrected chi connectivity index (χ3v) is 3.22. The summed E-state index contributed by atoms with van der Waals surface area (Å²) >= 11 is 0. The smallest absolute Gasteiger partial charge is 0.437 e. The lowest BCUT2D eigenvalue weighted by molar-refractivity contribution is -0.185. The van der Waals surface area contributed by atoms with E-state index in [1.807, 2.05) is 0 Å². The van der Waals surface area contributed by atoms with Gasteiger partial charge in [-0.1, -0.05) is 0 Å². The standard InChI is InChI=1S/C13H9BF2N2O5/c15-9-4-7(21-11-6-17-1-2-18-11)3-8-13(9)10(22-14(8)20)5-12(19)23-16/h1-4,6,10,20H,5H2. The van der Waals surface area contributed by atoms with Crippen molar-refractivity contribution in [3.63, 3.8) is 0 Å². The first-order chi connectivity index (χ1) is 11.1. The van der Waals surface area contributed by atoms with Gasteiger partial charge in [-0.25, -0.2) is 14.2 Å². The number of carbonyl (C=O) groups excluding carboxylic acids is 1. The topological polar surface area (TPSA) is 90.8 Å². The number of hydrogen-bond acceptors (Lipinski definition) is 7. The van der Waals surface area contributed by atoms with Crippen LogP contribution >= 0.6 is 0 Å². The average molecular weight is 322 g/mol. The fourth-order valence-corrected chi connectivity index (χ4v) is 2.30. The van der Waals surface area contributed by atoms with E-state index in [-0.39, 0.29) is 22.7 Å². The van der Waals surface area contributed by atoms with Gasteiger partial charge in [0.25, 0.3) is 0 Å². The molecular formula is C13H9BF2N2O5. The summed E-state index contributed by atoms with van der Waals surface area (Å²) in [6.45, 7) is 0. The highest BCUT2D eigenvalue weighted by atomic mass is 19.3. The molecule has 0 saturated heterocycles. The summed E-state index contributed by atoms with van der Waals surface area (Å²) in [5.74, 6) is -1.79. The second kappa shape index (κ2) is 6.27. The molecule has 1 N–H and O–H groups in total. The molecule has 3 rings (SSSR count). The highest BCUT2D eigenvalue weighted by Crippen LogP contribution is 2.32. The first-order valence-corrected chi connectivity index (χ1v) is 6.50. The van der Waals surface area contributed by atoms with E-state index in [0.29, 0.717) is 0 Å². The third kappa shape index (κ3) is 3.12. The minimum Gasteiger partial charge on any atom is -0.437 e. The van der Waals surface area contributed by atoms with Gasteiger partial charge in [0, 0.05) is 28.5 Å². The van der Waals surface area contributed by atoms with Crippen molar-refractivity contribution < 1.29 is 33.1 Å². The molecule has 2 aromatic rings. The summed E-state index contributed by atoms with van der Waals surface area (Å²) in [6.07, 6.45) is 2.46. The van der Waals surface area contributed by atoms with Crippen LogP contribution < -0.4 is 10.2 Å². The van der Waals surface area contributed by atoms with Gasteiger partial charge in [-0.05, 0) is 11.5 Å². The molecule has 1 unspecified atom stereocenters. The average Bonchev–Trinajstić information content (AvgIpc) is 2.84. The van der Waals surface area contributed by atoms with E-state index in [2.05, 4.69) is 14.9 Å². The van der Waals surface area contributed by atoms with Gasteiger partial charge in [-0.15, -0.1) is 0 Å². The van der Waals surface area contributed by atoms with Crippen molar-refractivity contribution in [2.45, 2.75) is 12.5 Å². The first-order valence-electron chi connectivity index (χ1n) is 6.50. The lowest BCUT2D eigenvalue weighted by Gasteiger charge is -2.11. The van der Waals surface area contributed by atoms with Crippen molar-refractivity contribution >= 4 is 18.6 Å². The Morgan fingerprint density at radius 2 is 2.26 bits per heavy atom. The third-order valence-electron chi connectivity index (χ3n) is 3.22. The van der Waals surface area contributed by atoms with Crippen molar-refractivity contribution in [3.8, 4) is 11.6 Å². The Bertz CT molecular complexity index is 734. The zero-order valence-electron chi connectivity index (χ0n) is 11.5. The molecule has 1 atom stereocenters. The number of carbonyl (C=O) groups is 1. The van der Waals surface area contributed by atoms with Gasteiger partial charge < -0.3 is 14.4 Å². The van der Waals surface area contributed by atoms with Gasteiger partial charge in [0.2, 0.25) is 5.88 Å². The van der Waals surface area contributed by atoms with Crippen molar-refractivity contribution in [1.82, 2.24) is 9.97 Å². The number of ether oxygens (including phenoxy) is 1. The van der Waals surface area contributed by atoms with Crippen LogP contribution in [0.25, 0.3) is 0 Å². The lowest BCUT2D eigenvalue weighted by Crippen LogP contribution is -2.28. The molecule has 23 heavy (non-hydrogen) atoms. The molecule has 10 heteroatoms. The molecule has 0 aliphatic carbocycles. The predicted octanol–water partition coefficient (Wildman–Crippen LogP) is 0.985. The summed E-state index contributed by atoms with van der Waals surface area (Å²) in [6, 6.07) is 2.39. The molecule has 0 fully saturated rings. The van der Waals surface area contributed by atoms with Crippen molar-refractivity contribution in [2.24, 2.45) is 0 Å². The van der Waals surface area contributed by atoms with Crippen molar-refractivity contribution in [1.29, 1.82) is 0 Å². The highest BCUT2D eigenvalue weighted by Gasteiger charge is 2.39. The van der Waals surface area contributed by atoms with Crippen LogP contribution in [0.1, 0.15) is 18.1 Å². The molecule has 1 aromatic heterocycles. The van der Waals surface area contributed by atoms with E-state index in [0.717, 1.165) is 6.07 Å². The molecule has 0 amide bonds. The van der Waals surface area contributed by atoms with Crippen LogP contribution in [0.15, 0.2) is 30.7 Å². The van der Waals surface area contributed by atoms with E-state index in [9.17, 15) is 18.7 Å². The van der Waals surface area contributed by atoms with Crippen LogP contribution in [-0.2, 0) is 14.4 Å². The fraction of sp³-hybridized carbons (Fsp3) is 0.154. The molecule has 1 aliphatic heterocycles. The number of rotatable bonds is 4. The molecule has 0 saturated carbocycles. The van der Waals surface area contributed by atoms with E-state index >= 15 is 0 Å². The van der Waals surface area contributed by atoms with Gasteiger partial charge in [0.05, 0.1) is 18.7 Å². The van der Waals surface area contributed by atoms with Crippen LogP contribution in [0.2, 0.25) is 0 Å². The van der Waals surface area contributed by atoms with Crippen molar-refractivity contribution in [3.05, 3.63) is 42.1 Å². The van der Waals surface area contributed by atoms with E-state index < -0.39 is 31.4 Å². The highest BCUT2D eigenvalue weighted by molar-refractivity contribution is 6.61. The number of halogens is 2. The van der Waals surface area contributed by atoms with Crippen LogP contribution in [0.3, 0.4) is 0 Å². The summed E-state index contributed by atoms with van der Waals surface area (Å²) in [5, 5.41) is 9.83. The quantitative estimate of drug-likeness (QED) is 0.839. The van der Waals surface area contributed by atoms with Crippen LogP contribution in [0.4, 0.5) is 8.92 Å². The molecule has 118 valence electrons. The summed E-state index contributed by atoms with van der Waals surface area (Å²) < 4.78 is 36.5. The van der Waals surface area contributed by atoms with Crippen LogP contribution in [0, 0.1) is 5.82 Å². The summed E-state index contributed by atoms with van der Waals surface area (Å²) in [7, 11) is -1.47. The van der Waals surface area contributed by atoms with Crippen LogP contribution in [-0.4, -0.2) is 28.1 Å².